The van der Waals surface area contributed by atoms with Crippen LogP contribution < -0.4 is 5.32 Å². The van der Waals surface area contributed by atoms with Crippen LogP contribution in [-0.2, 0) is 7.05 Å². The Kier molecular flexibility index (Phi) is 2.40. The Balaban J connectivity index is 1.77. The number of aryl methyl sites for hydroxylation is 2. The Bertz CT molecular complexity index is 784. The highest BCUT2D eigenvalue weighted by Crippen LogP contribution is 2.26. The monoisotopic (exact) mass is 269 g/mol. The third-order valence-electron chi connectivity index (χ3n) is 3.87. The van der Waals surface area contributed by atoms with Crippen molar-refractivity contribution < 1.29 is 4.52 Å². The van der Waals surface area contributed by atoms with Crippen molar-refractivity contribution in [2.45, 2.75) is 12.8 Å². The summed E-state index contributed by atoms with van der Waals surface area (Å²) in [7, 11) is 1.95. The fourth-order valence-electron chi connectivity index (χ4n) is 2.56. The van der Waals surface area contributed by atoms with Crippen LogP contribution in [0.3, 0.4) is 0 Å². The summed E-state index contributed by atoms with van der Waals surface area (Å²) in [5.41, 5.74) is 3.07. The SMILES string of the molecule is Cc1nn(C)c2cc(-c3noc(C4CNC4)n3)ccc12. The van der Waals surface area contributed by atoms with Gasteiger partial charge in [-0.2, -0.15) is 10.1 Å². The second kappa shape index (κ2) is 4.14. The molecule has 6 heteroatoms. The van der Waals surface area contributed by atoms with E-state index >= 15 is 0 Å². The quantitative estimate of drug-likeness (QED) is 0.765. The zero-order valence-electron chi connectivity index (χ0n) is 11.4. The maximum Gasteiger partial charge on any atom is 0.232 e. The number of nitrogens with one attached hydrogen (secondary N) is 1. The minimum atomic E-state index is 0.360. The standard InChI is InChI=1S/C14H15N5O/c1-8-11-4-3-9(5-12(11)19(2)17-8)13-16-14(20-18-13)10-6-15-7-10/h3-5,10,15H,6-7H2,1-2H3. The molecule has 1 fully saturated rings. The molecular formula is C14H15N5O. The van der Waals surface area contributed by atoms with Gasteiger partial charge >= 0.3 is 0 Å². The lowest BCUT2D eigenvalue weighted by molar-refractivity contribution is 0.308. The van der Waals surface area contributed by atoms with Gasteiger partial charge in [-0.1, -0.05) is 17.3 Å². The van der Waals surface area contributed by atoms with Gasteiger partial charge in [-0.3, -0.25) is 4.68 Å². The van der Waals surface area contributed by atoms with Gasteiger partial charge in [0.2, 0.25) is 11.7 Å². The Morgan fingerprint density at radius 3 is 2.95 bits per heavy atom. The van der Waals surface area contributed by atoms with Crippen molar-refractivity contribution in [2.24, 2.45) is 7.05 Å². The Morgan fingerprint density at radius 1 is 1.35 bits per heavy atom. The van der Waals surface area contributed by atoms with Crippen LogP contribution >= 0.6 is 0 Å². The minimum absolute atomic E-state index is 0.360. The first-order chi connectivity index (χ1) is 9.72. The van der Waals surface area contributed by atoms with E-state index in [0.717, 1.165) is 41.1 Å². The molecule has 0 atom stereocenters. The van der Waals surface area contributed by atoms with Crippen LogP contribution in [0.15, 0.2) is 22.7 Å². The highest BCUT2D eigenvalue weighted by Gasteiger charge is 2.25. The van der Waals surface area contributed by atoms with Gasteiger partial charge in [0.1, 0.15) is 0 Å². The van der Waals surface area contributed by atoms with Crippen molar-refractivity contribution in [3.63, 3.8) is 0 Å². The molecule has 0 amide bonds. The predicted octanol–water partition coefficient (Wildman–Crippen LogP) is 1.62. The number of benzene rings is 1. The maximum atomic E-state index is 5.35. The van der Waals surface area contributed by atoms with Crippen molar-refractivity contribution in [1.29, 1.82) is 0 Å². The predicted molar refractivity (Wildman–Crippen MR) is 74.4 cm³/mol. The molecule has 0 radical (unpaired) electrons. The maximum absolute atomic E-state index is 5.35. The van der Waals surface area contributed by atoms with Gasteiger partial charge in [0.15, 0.2) is 0 Å². The van der Waals surface area contributed by atoms with Crippen molar-refractivity contribution >= 4 is 10.9 Å². The molecule has 6 nitrogen and oxygen atoms in total. The zero-order chi connectivity index (χ0) is 13.7. The first-order valence-corrected chi connectivity index (χ1v) is 6.70. The van der Waals surface area contributed by atoms with Gasteiger partial charge in [-0.15, -0.1) is 0 Å². The van der Waals surface area contributed by atoms with Crippen molar-refractivity contribution in [1.82, 2.24) is 25.2 Å². The van der Waals surface area contributed by atoms with Crippen LogP contribution in [0.5, 0.6) is 0 Å². The van der Waals surface area contributed by atoms with Gasteiger partial charge < -0.3 is 9.84 Å². The zero-order valence-corrected chi connectivity index (χ0v) is 11.4. The molecule has 2 aromatic heterocycles. The van der Waals surface area contributed by atoms with Crippen molar-refractivity contribution in [3.8, 4) is 11.4 Å². The molecule has 1 aromatic carbocycles. The van der Waals surface area contributed by atoms with E-state index in [1.54, 1.807) is 0 Å². The van der Waals surface area contributed by atoms with Gasteiger partial charge in [-0.25, -0.2) is 0 Å². The summed E-state index contributed by atoms with van der Waals surface area (Å²) in [6.07, 6.45) is 0. The van der Waals surface area contributed by atoms with Crippen molar-refractivity contribution in [3.05, 3.63) is 29.8 Å². The number of fused-ring (bicyclic) bond motifs is 1. The van der Waals surface area contributed by atoms with Gasteiger partial charge in [0.05, 0.1) is 17.1 Å². The number of aromatic nitrogens is 4. The summed E-state index contributed by atoms with van der Waals surface area (Å²) in [5, 5.41) is 12.9. The van der Waals surface area contributed by atoms with Crippen LogP contribution in [-0.4, -0.2) is 33.0 Å². The second-order valence-electron chi connectivity index (χ2n) is 5.25. The molecule has 1 aliphatic rings. The highest BCUT2D eigenvalue weighted by atomic mass is 16.5. The molecule has 102 valence electrons. The number of hydrogen-bond acceptors (Lipinski definition) is 5. The van der Waals surface area contributed by atoms with Crippen LogP contribution in [0.25, 0.3) is 22.3 Å². The molecule has 20 heavy (non-hydrogen) atoms. The third-order valence-corrected chi connectivity index (χ3v) is 3.87. The number of nitrogens with zero attached hydrogens (tertiary/aromatic N) is 4. The molecule has 0 spiro atoms. The average molecular weight is 269 g/mol. The largest absolute Gasteiger partial charge is 0.339 e. The van der Waals surface area contributed by atoms with E-state index in [2.05, 4.69) is 32.7 Å². The molecule has 1 saturated heterocycles. The lowest BCUT2D eigenvalue weighted by Gasteiger charge is -2.22. The molecule has 0 saturated carbocycles. The van der Waals surface area contributed by atoms with Crippen LogP contribution in [0, 0.1) is 6.92 Å². The summed E-state index contributed by atoms with van der Waals surface area (Å²) in [6, 6.07) is 6.14. The van der Waals surface area contributed by atoms with E-state index in [-0.39, 0.29) is 0 Å². The fourth-order valence-corrected chi connectivity index (χ4v) is 2.56. The van der Waals surface area contributed by atoms with Gasteiger partial charge in [-0.05, 0) is 13.0 Å². The normalized spacial score (nSPS) is 15.7. The van der Waals surface area contributed by atoms with E-state index in [1.165, 1.54) is 0 Å². The number of rotatable bonds is 2. The van der Waals surface area contributed by atoms with E-state index in [9.17, 15) is 0 Å². The minimum Gasteiger partial charge on any atom is -0.339 e. The summed E-state index contributed by atoms with van der Waals surface area (Å²) in [4.78, 5) is 4.50. The van der Waals surface area contributed by atoms with E-state index in [4.69, 9.17) is 4.52 Å². The van der Waals surface area contributed by atoms with E-state index in [1.807, 2.05) is 24.7 Å². The van der Waals surface area contributed by atoms with E-state index < -0.39 is 0 Å². The molecule has 1 aliphatic heterocycles. The molecule has 0 aliphatic carbocycles. The second-order valence-corrected chi connectivity index (χ2v) is 5.25. The molecule has 3 heterocycles. The first kappa shape index (κ1) is 11.6. The van der Waals surface area contributed by atoms with Crippen LogP contribution in [0.1, 0.15) is 17.5 Å². The molecule has 1 N–H and O–H groups in total. The molecule has 3 aromatic rings. The van der Waals surface area contributed by atoms with E-state index in [0.29, 0.717) is 11.7 Å². The average Bonchev–Trinajstić information content (AvgIpc) is 2.94. The summed E-state index contributed by atoms with van der Waals surface area (Å²) < 4.78 is 7.23. The molecule has 4 rings (SSSR count). The Morgan fingerprint density at radius 2 is 2.20 bits per heavy atom. The summed E-state index contributed by atoms with van der Waals surface area (Å²) in [6.45, 7) is 3.85. The third kappa shape index (κ3) is 1.65. The first-order valence-electron chi connectivity index (χ1n) is 6.70. The fraction of sp³-hybridized carbons (Fsp3) is 0.357. The molecule has 0 unspecified atom stereocenters. The summed E-state index contributed by atoms with van der Waals surface area (Å²) in [5.74, 6) is 1.73. The topological polar surface area (TPSA) is 68.8 Å². The highest BCUT2D eigenvalue weighted by molar-refractivity contribution is 5.85. The van der Waals surface area contributed by atoms with Crippen LogP contribution in [0.2, 0.25) is 0 Å². The van der Waals surface area contributed by atoms with Gasteiger partial charge in [0, 0.05) is 31.1 Å². The smallest absolute Gasteiger partial charge is 0.232 e. The lowest BCUT2D eigenvalue weighted by Crippen LogP contribution is -2.40. The lowest BCUT2D eigenvalue weighted by atomic mass is 10.0. The van der Waals surface area contributed by atoms with Crippen LogP contribution in [0.4, 0.5) is 0 Å². The number of hydrogen-bond donors (Lipinski definition) is 1. The van der Waals surface area contributed by atoms with Gasteiger partial charge in [0.25, 0.3) is 0 Å². The Hall–Kier alpha value is -2.21. The van der Waals surface area contributed by atoms with Crippen molar-refractivity contribution in [2.75, 3.05) is 13.1 Å². The Labute approximate surface area is 115 Å². The summed E-state index contributed by atoms with van der Waals surface area (Å²) >= 11 is 0. The molecular weight excluding hydrogens is 254 g/mol. The molecule has 0 bridgehead atoms.